The number of anilines is 1. The van der Waals surface area contributed by atoms with Gasteiger partial charge in [-0.1, -0.05) is 30.3 Å². The Balaban J connectivity index is 1.92. The van der Waals surface area contributed by atoms with Crippen LogP contribution in [0.1, 0.15) is 22.5 Å². The molecular weight excluding hydrogens is 258 g/mol. The lowest BCUT2D eigenvalue weighted by molar-refractivity contribution is -0.116. The summed E-state index contributed by atoms with van der Waals surface area (Å²) in [5.74, 6) is -0.479. The molecule has 3 N–H and O–H groups in total. The van der Waals surface area contributed by atoms with E-state index >= 15 is 0 Å². The molecule has 2 amide bonds. The number of aryl methyl sites for hydroxylation is 1. The topological polar surface area (TPSA) is 99.8 Å². The molecule has 104 valence electrons. The molecule has 20 heavy (non-hydrogen) atoms. The second-order valence-electron chi connectivity index (χ2n) is 4.13. The van der Waals surface area contributed by atoms with Crippen molar-refractivity contribution >= 4 is 17.6 Å². The normalized spacial score (nSPS) is 10.1. The number of H-pyrrole nitrogens is 1. The fourth-order valence-electron chi connectivity index (χ4n) is 1.69. The molecule has 2 aromatic rings. The summed E-state index contributed by atoms with van der Waals surface area (Å²) in [5.41, 5.74) is 1.15. The zero-order valence-corrected chi connectivity index (χ0v) is 11.0. The fourth-order valence-corrected chi connectivity index (χ4v) is 1.69. The Hall–Kier alpha value is -2.70. The number of hydrogen-bond donors (Lipinski definition) is 3. The Labute approximate surface area is 115 Å². The molecule has 0 spiro atoms. The number of benzene rings is 1. The van der Waals surface area contributed by atoms with E-state index in [-0.39, 0.29) is 17.4 Å². The molecule has 0 saturated heterocycles. The highest BCUT2D eigenvalue weighted by Crippen LogP contribution is 2.09. The smallest absolute Gasteiger partial charge is 0.275 e. The van der Waals surface area contributed by atoms with Crippen molar-refractivity contribution < 1.29 is 9.59 Å². The number of rotatable bonds is 5. The van der Waals surface area contributed by atoms with E-state index in [4.69, 9.17) is 0 Å². The summed E-state index contributed by atoms with van der Waals surface area (Å²) in [4.78, 5) is 23.3. The maximum Gasteiger partial charge on any atom is 0.275 e. The standard InChI is InChI=1S/C13H15N5O2/c1-14-13(20)11-12(17-18-16-11)15-10(19)8-7-9-5-3-2-4-6-9/h2-6H,7-8H2,1H3,(H,14,20)(H2,15,16,17,18,19). The van der Waals surface area contributed by atoms with E-state index in [2.05, 4.69) is 26.0 Å². The van der Waals surface area contributed by atoms with Crippen molar-refractivity contribution in [2.24, 2.45) is 0 Å². The molecule has 0 fully saturated rings. The van der Waals surface area contributed by atoms with E-state index in [1.54, 1.807) is 0 Å². The van der Waals surface area contributed by atoms with Crippen molar-refractivity contribution in [2.75, 3.05) is 12.4 Å². The largest absolute Gasteiger partial charge is 0.354 e. The number of carbonyl (C=O) groups excluding carboxylic acids is 2. The number of aromatic amines is 1. The first-order valence-electron chi connectivity index (χ1n) is 6.17. The Morgan fingerprint density at radius 2 is 1.95 bits per heavy atom. The van der Waals surface area contributed by atoms with Crippen LogP contribution in [-0.2, 0) is 11.2 Å². The lowest BCUT2D eigenvalue weighted by Gasteiger charge is -2.03. The molecular formula is C13H15N5O2. The van der Waals surface area contributed by atoms with Gasteiger partial charge in [0.05, 0.1) is 0 Å². The third kappa shape index (κ3) is 3.41. The molecule has 0 aliphatic carbocycles. The maximum atomic E-state index is 11.8. The number of hydrogen-bond acceptors (Lipinski definition) is 4. The molecule has 0 bridgehead atoms. The highest BCUT2D eigenvalue weighted by Gasteiger charge is 2.16. The molecule has 0 radical (unpaired) electrons. The fraction of sp³-hybridized carbons (Fsp3) is 0.231. The van der Waals surface area contributed by atoms with E-state index in [1.807, 2.05) is 30.3 Å². The minimum absolute atomic E-state index is 0.0700. The van der Waals surface area contributed by atoms with E-state index in [1.165, 1.54) is 7.05 Å². The first-order chi connectivity index (χ1) is 9.70. The monoisotopic (exact) mass is 273 g/mol. The molecule has 0 aliphatic heterocycles. The second kappa shape index (κ2) is 6.46. The van der Waals surface area contributed by atoms with Crippen molar-refractivity contribution in [3.63, 3.8) is 0 Å². The number of carbonyl (C=O) groups is 2. The summed E-state index contributed by atoms with van der Waals surface area (Å²) >= 11 is 0. The van der Waals surface area contributed by atoms with Crippen molar-refractivity contribution in [3.05, 3.63) is 41.6 Å². The first kappa shape index (κ1) is 13.7. The van der Waals surface area contributed by atoms with Gasteiger partial charge in [0.1, 0.15) is 0 Å². The van der Waals surface area contributed by atoms with E-state index < -0.39 is 5.91 Å². The second-order valence-corrected chi connectivity index (χ2v) is 4.13. The summed E-state index contributed by atoms with van der Waals surface area (Å²) in [6, 6.07) is 9.69. The van der Waals surface area contributed by atoms with Gasteiger partial charge in [0.2, 0.25) is 5.91 Å². The number of aromatic nitrogens is 3. The SMILES string of the molecule is CNC(=O)c1n[nH]nc1NC(=O)CCc1ccccc1. The van der Waals surface area contributed by atoms with E-state index in [9.17, 15) is 9.59 Å². The van der Waals surface area contributed by atoms with Gasteiger partial charge in [-0.25, -0.2) is 0 Å². The van der Waals surface area contributed by atoms with E-state index in [0.717, 1.165) is 5.56 Å². The van der Waals surface area contributed by atoms with Gasteiger partial charge < -0.3 is 10.6 Å². The van der Waals surface area contributed by atoms with Crippen molar-refractivity contribution in [2.45, 2.75) is 12.8 Å². The number of nitrogens with zero attached hydrogens (tertiary/aromatic N) is 2. The van der Waals surface area contributed by atoms with Crippen LogP contribution in [0.4, 0.5) is 5.82 Å². The lowest BCUT2D eigenvalue weighted by Crippen LogP contribution is -2.21. The third-order valence-corrected chi connectivity index (χ3v) is 2.73. The predicted molar refractivity (Wildman–Crippen MR) is 73.2 cm³/mol. The summed E-state index contributed by atoms with van der Waals surface area (Å²) < 4.78 is 0. The molecule has 0 unspecified atom stereocenters. The molecule has 1 aromatic heterocycles. The van der Waals surface area contributed by atoms with Crippen molar-refractivity contribution in [3.8, 4) is 0 Å². The highest BCUT2D eigenvalue weighted by atomic mass is 16.2. The van der Waals surface area contributed by atoms with Crippen molar-refractivity contribution in [1.29, 1.82) is 0 Å². The molecule has 1 aromatic carbocycles. The van der Waals surface area contributed by atoms with Gasteiger partial charge in [-0.15, -0.1) is 10.2 Å². The van der Waals surface area contributed by atoms with Crippen LogP contribution in [0, 0.1) is 0 Å². The van der Waals surface area contributed by atoms with E-state index in [0.29, 0.717) is 12.8 Å². The third-order valence-electron chi connectivity index (χ3n) is 2.73. The van der Waals surface area contributed by atoms with Crippen LogP contribution in [-0.4, -0.2) is 34.3 Å². The summed E-state index contributed by atoms with van der Waals surface area (Å²) in [7, 11) is 1.48. The van der Waals surface area contributed by atoms with Crippen LogP contribution < -0.4 is 10.6 Å². The molecule has 0 saturated carbocycles. The van der Waals surface area contributed by atoms with Gasteiger partial charge in [0.25, 0.3) is 5.91 Å². The van der Waals surface area contributed by atoms with Gasteiger partial charge in [0.15, 0.2) is 11.5 Å². The first-order valence-corrected chi connectivity index (χ1v) is 6.17. The quantitative estimate of drug-likeness (QED) is 0.748. The van der Waals surface area contributed by atoms with Gasteiger partial charge in [0, 0.05) is 13.5 Å². The van der Waals surface area contributed by atoms with Gasteiger partial charge in [-0.3, -0.25) is 9.59 Å². The number of amides is 2. The van der Waals surface area contributed by atoms with Crippen LogP contribution in [0.5, 0.6) is 0 Å². The number of nitrogens with one attached hydrogen (secondary N) is 3. The predicted octanol–water partition coefficient (Wildman–Crippen LogP) is 0.736. The average molecular weight is 273 g/mol. The maximum absolute atomic E-state index is 11.8. The summed E-state index contributed by atoms with van der Waals surface area (Å²) in [6.45, 7) is 0. The Morgan fingerprint density at radius 3 is 2.65 bits per heavy atom. The minimum Gasteiger partial charge on any atom is -0.354 e. The average Bonchev–Trinajstić information content (AvgIpc) is 2.93. The molecule has 0 aliphatic rings. The molecule has 7 heteroatoms. The minimum atomic E-state index is -0.405. The Bertz CT molecular complexity index is 594. The van der Waals surface area contributed by atoms with Gasteiger partial charge in [-0.2, -0.15) is 5.21 Å². The van der Waals surface area contributed by atoms with Crippen LogP contribution in [0.15, 0.2) is 30.3 Å². The van der Waals surface area contributed by atoms with Gasteiger partial charge >= 0.3 is 0 Å². The van der Waals surface area contributed by atoms with Gasteiger partial charge in [-0.05, 0) is 12.0 Å². The molecule has 2 rings (SSSR count). The van der Waals surface area contributed by atoms with Crippen LogP contribution in [0.2, 0.25) is 0 Å². The summed E-state index contributed by atoms with van der Waals surface area (Å²) in [6.07, 6.45) is 0.934. The Kier molecular flexibility index (Phi) is 4.43. The molecule has 7 nitrogen and oxygen atoms in total. The van der Waals surface area contributed by atoms with Crippen LogP contribution >= 0.6 is 0 Å². The molecule has 1 heterocycles. The molecule has 0 atom stereocenters. The van der Waals surface area contributed by atoms with Crippen LogP contribution in [0.25, 0.3) is 0 Å². The van der Waals surface area contributed by atoms with Crippen LogP contribution in [0.3, 0.4) is 0 Å². The van der Waals surface area contributed by atoms with Crippen molar-refractivity contribution in [1.82, 2.24) is 20.7 Å². The zero-order chi connectivity index (χ0) is 14.4. The zero-order valence-electron chi connectivity index (χ0n) is 11.0. The Morgan fingerprint density at radius 1 is 1.20 bits per heavy atom. The lowest BCUT2D eigenvalue weighted by atomic mass is 10.1. The highest BCUT2D eigenvalue weighted by molar-refractivity contribution is 6.00. The summed E-state index contributed by atoms with van der Waals surface area (Å²) in [5, 5.41) is 14.8.